The smallest absolute Gasteiger partial charge is 0.311 e. The van der Waals surface area contributed by atoms with Crippen molar-refractivity contribution in [1.29, 1.82) is 0 Å². The molecule has 2 heterocycles. The van der Waals surface area contributed by atoms with Crippen molar-refractivity contribution < 1.29 is 9.53 Å². The number of ether oxygens (including phenoxy) is 1. The van der Waals surface area contributed by atoms with E-state index in [0.717, 1.165) is 27.6 Å². The van der Waals surface area contributed by atoms with Crippen LogP contribution in [-0.2, 0) is 4.79 Å². The van der Waals surface area contributed by atoms with Gasteiger partial charge in [-0.2, -0.15) is 0 Å². The molecule has 0 aliphatic carbocycles. The highest BCUT2D eigenvalue weighted by atomic mass is 79.9. The SMILES string of the molecule is CCCC(=O)Oc1c(C)[nH]c2nccc(Br)c12. The Morgan fingerprint density at radius 1 is 1.59 bits per heavy atom. The van der Waals surface area contributed by atoms with Crippen LogP contribution in [0, 0.1) is 6.92 Å². The Balaban J connectivity index is 2.45. The van der Waals surface area contributed by atoms with Crippen LogP contribution in [0.5, 0.6) is 5.75 Å². The zero-order valence-corrected chi connectivity index (χ0v) is 11.3. The number of carbonyl (C=O) groups excluding carboxylic acids is 1. The third-order valence-electron chi connectivity index (χ3n) is 2.44. The van der Waals surface area contributed by atoms with E-state index in [1.165, 1.54) is 0 Å². The van der Waals surface area contributed by atoms with Crippen LogP contribution < -0.4 is 4.74 Å². The summed E-state index contributed by atoms with van der Waals surface area (Å²) in [6.45, 7) is 3.81. The summed E-state index contributed by atoms with van der Waals surface area (Å²) in [4.78, 5) is 18.8. The Morgan fingerprint density at radius 2 is 2.35 bits per heavy atom. The van der Waals surface area contributed by atoms with Gasteiger partial charge in [-0.15, -0.1) is 0 Å². The van der Waals surface area contributed by atoms with E-state index in [-0.39, 0.29) is 5.97 Å². The average molecular weight is 297 g/mol. The summed E-state index contributed by atoms with van der Waals surface area (Å²) in [5.41, 5.74) is 1.53. The second kappa shape index (κ2) is 4.87. The molecule has 2 aromatic heterocycles. The lowest BCUT2D eigenvalue weighted by Crippen LogP contribution is -2.07. The third kappa shape index (κ3) is 2.34. The number of H-pyrrole nitrogens is 1. The Bertz CT molecular complexity index is 563. The van der Waals surface area contributed by atoms with Gasteiger partial charge in [-0.25, -0.2) is 4.98 Å². The lowest BCUT2D eigenvalue weighted by Gasteiger charge is -2.03. The standard InChI is InChI=1S/C12H13BrN2O2/c1-3-4-9(16)17-11-7(2)15-12-10(11)8(13)5-6-14-12/h5-6H,3-4H2,1-2H3,(H,14,15). The van der Waals surface area contributed by atoms with Crippen LogP contribution in [0.25, 0.3) is 11.0 Å². The zero-order valence-electron chi connectivity index (χ0n) is 9.71. The average Bonchev–Trinajstić information content (AvgIpc) is 2.57. The molecule has 0 spiro atoms. The molecule has 90 valence electrons. The number of esters is 1. The summed E-state index contributed by atoms with van der Waals surface area (Å²) in [6, 6.07) is 1.83. The highest BCUT2D eigenvalue weighted by Gasteiger charge is 2.16. The van der Waals surface area contributed by atoms with Gasteiger partial charge in [0, 0.05) is 17.1 Å². The minimum Gasteiger partial charge on any atom is -0.424 e. The van der Waals surface area contributed by atoms with Crippen molar-refractivity contribution in [3.05, 3.63) is 22.4 Å². The van der Waals surface area contributed by atoms with Gasteiger partial charge in [0.25, 0.3) is 0 Å². The maximum Gasteiger partial charge on any atom is 0.311 e. The van der Waals surface area contributed by atoms with Gasteiger partial charge in [0.15, 0.2) is 5.75 Å². The number of hydrogen-bond acceptors (Lipinski definition) is 3. The first kappa shape index (κ1) is 12.1. The molecule has 2 aromatic rings. The molecule has 0 aliphatic rings. The van der Waals surface area contributed by atoms with E-state index in [1.807, 2.05) is 19.9 Å². The van der Waals surface area contributed by atoms with Gasteiger partial charge in [0.2, 0.25) is 0 Å². The number of aryl methyl sites for hydroxylation is 1. The normalized spacial score (nSPS) is 10.8. The molecule has 17 heavy (non-hydrogen) atoms. The second-order valence-electron chi connectivity index (χ2n) is 3.82. The number of halogens is 1. The lowest BCUT2D eigenvalue weighted by molar-refractivity contribution is -0.134. The van der Waals surface area contributed by atoms with Crippen molar-refractivity contribution in [3.8, 4) is 5.75 Å². The number of aromatic amines is 1. The maximum absolute atomic E-state index is 11.5. The number of fused-ring (bicyclic) bond motifs is 1. The fourth-order valence-corrected chi connectivity index (χ4v) is 2.15. The minimum absolute atomic E-state index is 0.216. The van der Waals surface area contributed by atoms with Gasteiger partial charge in [-0.3, -0.25) is 4.79 Å². The zero-order chi connectivity index (χ0) is 12.4. The van der Waals surface area contributed by atoms with E-state index < -0.39 is 0 Å². The van der Waals surface area contributed by atoms with E-state index in [4.69, 9.17) is 4.74 Å². The van der Waals surface area contributed by atoms with Gasteiger partial charge < -0.3 is 9.72 Å². The molecular weight excluding hydrogens is 284 g/mol. The van der Waals surface area contributed by atoms with Gasteiger partial charge in [-0.05, 0) is 35.3 Å². The minimum atomic E-state index is -0.216. The van der Waals surface area contributed by atoms with Crippen LogP contribution >= 0.6 is 15.9 Å². The van der Waals surface area contributed by atoms with E-state index in [1.54, 1.807) is 6.20 Å². The molecule has 0 saturated heterocycles. The Kier molecular flexibility index (Phi) is 3.47. The number of aromatic nitrogens is 2. The molecule has 5 heteroatoms. The Labute approximate surface area is 108 Å². The van der Waals surface area contributed by atoms with E-state index >= 15 is 0 Å². The molecule has 2 rings (SSSR count). The van der Waals surface area contributed by atoms with Crippen molar-refractivity contribution in [1.82, 2.24) is 9.97 Å². The van der Waals surface area contributed by atoms with Crippen LogP contribution in [0.2, 0.25) is 0 Å². The molecule has 0 bridgehead atoms. The molecular formula is C12H13BrN2O2. The van der Waals surface area contributed by atoms with Gasteiger partial charge in [-0.1, -0.05) is 6.92 Å². The highest BCUT2D eigenvalue weighted by molar-refractivity contribution is 9.10. The van der Waals surface area contributed by atoms with Gasteiger partial charge in [0.05, 0.1) is 11.1 Å². The van der Waals surface area contributed by atoms with E-state index in [9.17, 15) is 4.79 Å². The number of carbonyl (C=O) groups is 1. The van der Waals surface area contributed by atoms with Crippen molar-refractivity contribution in [3.63, 3.8) is 0 Å². The van der Waals surface area contributed by atoms with Crippen molar-refractivity contribution >= 4 is 32.9 Å². The van der Waals surface area contributed by atoms with Crippen LogP contribution in [-0.4, -0.2) is 15.9 Å². The fourth-order valence-electron chi connectivity index (χ4n) is 1.67. The molecule has 0 unspecified atom stereocenters. The first-order chi connectivity index (χ1) is 8.13. The van der Waals surface area contributed by atoms with E-state index in [2.05, 4.69) is 25.9 Å². The summed E-state index contributed by atoms with van der Waals surface area (Å²) in [7, 11) is 0. The second-order valence-corrected chi connectivity index (χ2v) is 4.67. The fraction of sp³-hybridized carbons (Fsp3) is 0.333. The van der Waals surface area contributed by atoms with Gasteiger partial charge in [0.1, 0.15) is 5.65 Å². The lowest BCUT2D eigenvalue weighted by atomic mass is 10.3. The van der Waals surface area contributed by atoms with Crippen molar-refractivity contribution in [2.24, 2.45) is 0 Å². The summed E-state index contributed by atoms with van der Waals surface area (Å²) in [5.74, 6) is 0.352. The van der Waals surface area contributed by atoms with Crippen molar-refractivity contribution in [2.75, 3.05) is 0 Å². The summed E-state index contributed by atoms with van der Waals surface area (Å²) >= 11 is 3.44. The third-order valence-corrected chi connectivity index (χ3v) is 3.10. The Morgan fingerprint density at radius 3 is 3.06 bits per heavy atom. The summed E-state index contributed by atoms with van der Waals surface area (Å²) < 4.78 is 6.25. The Hall–Kier alpha value is -1.36. The number of rotatable bonds is 3. The predicted molar refractivity (Wildman–Crippen MR) is 69.1 cm³/mol. The van der Waals surface area contributed by atoms with E-state index in [0.29, 0.717) is 12.2 Å². The van der Waals surface area contributed by atoms with Crippen LogP contribution in [0.3, 0.4) is 0 Å². The van der Waals surface area contributed by atoms with Gasteiger partial charge >= 0.3 is 5.97 Å². The maximum atomic E-state index is 11.5. The quantitative estimate of drug-likeness (QED) is 0.884. The number of nitrogens with one attached hydrogen (secondary N) is 1. The molecule has 4 nitrogen and oxygen atoms in total. The molecule has 1 N–H and O–H groups in total. The van der Waals surface area contributed by atoms with Crippen LogP contribution in [0.1, 0.15) is 25.5 Å². The van der Waals surface area contributed by atoms with Crippen LogP contribution in [0.4, 0.5) is 0 Å². The predicted octanol–water partition coefficient (Wildman–Crippen LogP) is 3.34. The molecule has 0 aliphatic heterocycles. The monoisotopic (exact) mass is 296 g/mol. The number of pyridine rings is 1. The molecule has 0 fully saturated rings. The molecule has 0 saturated carbocycles. The highest BCUT2D eigenvalue weighted by Crippen LogP contribution is 2.34. The first-order valence-electron chi connectivity index (χ1n) is 5.47. The summed E-state index contributed by atoms with van der Waals surface area (Å²) in [6.07, 6.45) is 2.89. The largest absolute Gasteiger partial charge is 0.424 e. The molecule has 0 radical (unpaired) electrons. The number of nitrogens with zero attached hydrogens (tertiary/aromatic N) is 1. The first-order valence-corrected chi connectivity index (χ1v) is 6.26. The van der Waals surface area contributed by atoms with Crippen molar-refractivity contribution in [2.45, 2.75) is 26.7 Å². The topological polar surface area (TPSA) is 55.0 Å². The molecule has 0 aromatic carbocycles. The molecule has 0 amide bonds. The van der Waals surface area contributed by atoms with Crippen LogP contribution in [0.15, 0.2) is 16.7 Å². The summed E-state index contributed by atoms with van der Waals surface area (Å²) in [5, 5.41) is 0.814. The molecule has 0 atom stereocenters. The number of hydrogen-bond donors (Lipinski definition) is 1.